The van der Waals surface area contributed by atoms with E-state index in [2.05, 4.69) is 13.8 Å². The predicted molar refractivity (Wildman–Crippen MR) is 70.1 cm³/mol. The number of hydrogen-bond acceptors (Lipinski definition) is 4. The summed E-state index contributed by atoms with van der Waals surface area (Å²) >= 11 is 0. The molecular weight excluding hydrogens is 232 g/mol. The molecule has 0 aliphatic carbocycles. The Morgan fingerprint density at radius 1 is 1.44 bits per heavy atom. The molecule has 3 N–H and O–H groups in total. The summed E-state index contributed by atoms with van der Waals surface area (Å²) in [7, 11) is 0. The highest BCUT2D eigenvalue weighted by atomic mass is 16.5. The summed E-state index contributed by atoms with van der Waals surface area (Å²) in [6.45, 7) is 6.00. The van der Waals surface area contributed by atoms with Gasteiger partial charge in [0.05, 0.1) is 25.4 Å². The van der Waals surface area contributed by atoms with Crippen molar-refractivity contribution in [3.63, 3.8) is 0 Å². The molecule has 0 radical (unpaired) electrons. The van der Waals surface area contributed by atoms with E-state index in [9.17, 15) is 4.79 Å². The highest BCUT2D eigenvalue weighted by Crippen LogP contribution is 2.15. The number of rotatable bonds is 6. The molecule has 0 saturated carbocycles. The minimum Gasteiger partial charge on any atom is -0.394 e. The topological polar surface area (TPSA) is 75.8 Å². The average molecular weight is 258 g/mol. The zero-order valence-electron chi connectivity index (χ0n) is 11.5. The molecule has 1 heterocycles. The summed E-state index contributed by atoms with van der Waals surface area (Å²) in [5.41, 5.74) is 5.91. The summed E-state index contributed by atoms with van der Waals surface area (Å²) in [5, 5.41) is 8.69. The maximum atomic E-state index is 12.1. The Bertz CT molecular complexity index is 251. The first kappa shape index (κ1) is 15.4. The molecule has 1 aliphatic rings. The lowest BCUT2D eigenvalue weighted by molar-refractivity contribution is -0.135. The second kappa shape index (κ2) is 7.71. The first-order chi connectivity index (χ1) is 8.54. The van der Waals surface area contributed by atoms with Gasteiger partial charge in [-0.15, -0.1) is 0 Å². The summed E-state index contributed by atoms with van der Waals surface area (Å²) in [4.78, 5) is 13.9. The highest BCUT2D eigenvalue weighted by Gasteiger charge is 2.26. The van der Waals surface area contributed by atoms with Crippen LogP contribution in [0.1, 0.15) is 33.1 Å². The molecule has 1 rings (SSSR count). The van der Waals surface area contributed by atoms with Gasteiger partial charge in [0.15, 0.2) is 0 Å². The van der Waals surface area contributed by atoms with Crippen LogP contribution in [0.25, 0.3) is 0 Å². The Kier molecular flexibility index (Phi) is 6.60. The number of nitrogens with two attached hydrogens (primary N) is 1. The molecule has 1 saturated heterocycles. The molecule has 1 fully saturated rings. The Hall–Kier alpha value is -0.650. The molecule has 106 valence electrons. The van der Waals surface area contributed by atoms with Crippen LogP contribution in [-0.2, 0) is 9.53 Å². The third-order valence-electron chi connectivity index (χ3n) is 3.24. The van der Waals surface area contributed by atoms with Crippen LogP contribution in [0.3, 0.4) is 0 Å². The van der Waals surface area contributed by atoms with Crippen LogP contribution in [-0.4, -0.2) is 54.4 Å². The van der Waals surface area contributed by atoms with Gasteiger partial charge < -0.3 is 20.5 Å². The second-order valence-electron chi connectivity index (χ2n) is 5.36. The van der Waals surface area contributed by atoms with Crippen LogP contribution < -0.4 is 5.73 Å². The van der Waals surface area contributed by atoms with Crippen LogP contribution >= 0.6 is 0 Å². The van der Waals surface area contributed by atoms with Crippen molar-refractivity contribution in [2.75, 3.05) is 26.3 Å². The van der Waals surface area contributed by atoms with Crippen molar-refractivity contribution < 1.29 is 14.6 Å². The Morgan fingerprint density at radius 3 is 2.56 bits per heavy atom. The van der Waals surface area contributed by atoms with E-state index in [0.717, 1.165) is 19.3 Å². The van der Waals surface area contributed by atoms with Crippen LogP contribution in [0.4, 0.5) is 0 Å². The van der Waals surface area contributed by atoms with Crippen LogP contribution in [0.2, 0.25) is 0 Å². The van der Waals surface area contributed by atoms with E-state index >= 15 is 0 Å². The second-order valence-corrected chi connectivity index (χ2v) is 5.36. The van der Waals surface area contributed by atoms with Crippen molar-refractivity contribution >= 4 is 5.91 Å². The average Bonchev–Trinajstić information content (AvgIpc) is 2.35. The monoisotopic (exact) mass is 258 g/mol. The van der Waals surface area contributed by atoms with Crippen LogP contribution in [0.15, 0.2) is 0 Å². The van der Waals surface area contributed by atoms with E-state index in [4.69, 9.17) is 15.6 Å². The smallest absolute Gasteiger partial charge is 0.239 e. The van der Waals surface area contributed by atoms with Crippen LogP contribution in [0, 0.1) is 5.92 Å². The van der Waals surface area contributed by atoms with E-state index in [0.29, 0.717) is 25.6 Å². The van der Waals surface area contributed by atoms with Gasteiger partial charge in [0.1, 0.15) is 0 Å². The zero-order chi connectivity index (χ0) is 13.5. The van der Waals surface area contributed by atoms with Crippen molar-refractivity contribution in [3.8, 4) is 0 Å². The van der Waals surface area contributed by atoms with E-state index in [1.165, 1.54) is 0 Å². The Morgan fingerprint density at radius 2 is 2.06 bits per heavy atom. The Labute approximate surface area is 109 Å². The lowest BCUT2D eigenvalue weighted by Crippen LogP contribution is -2.48. The molecular formula is C13H26N2O3. The normalized spacial score (nSPS) is 19.3. The van der Waals surface area contributed by atoms with Crippen molar-refractivity contribution in [1.82, 2.24) is 4.90 Å². The number of amides is 1. The molecule has 0 bridgehead atoms. The van der Waals surface area contributed by atoms with Gasteiger partial charge in [-0.1, -0.05) is 13.8 Å². The lowest BCUT2D eigenvalue weighted by Gasteiger charge is -2.33. The maximum Gasteiger partial charge on any atom is 0.239 e. The molecule has 0 aromatic carbocycles. The third-order valence-corrected chi connectivity index (χ3v) is 3.24. The number of piperidine rings is 1. The first-order valence-corrected chi connectivity index (χ1v) is 6.81. The SMILES string of the molecule is CC(C)CC(N)C(=O)N1CCC(OCCO)CC1. The molecule has 18 heavy (non-hydrogen) atoms. The number of nitrogens with zero attached hydrogens (tertiary/aromatic N) is 1. The number of carbonyl (C=O) groups excluding carboxylic acids is 1. The number of hydrogen-bond donors (Lipinski definition) is 2. The maximum absolute atomic E-state index is 12.1. The summed E-state index contributed by atoms with van der Waals surface area (Å²) in [6.07, 6.45) is 2.57. The molecule has 0 aromatic rings. The Balaban J connectivity index is 2.31. The third kappa shape index (κ3) is 4.92. The number of carbonyl (C=O) groups is 1. The minimum absolute atomic E-state index is 0.0540. The first-order valence-electron chi connectivity index (χ1n) is 6.81. The lowest BCUT2D eigenvalue weighted by atomic mass is 10.0. The van der Waals surface area contributed by atoms with Gasteiger partial charge in [-0.05, 0) is 25.2 Å². The molecule has 0 aromatic heterocycles. The fraction of sp³-hybridized carbons (Fsp3) is 0.923. The zero-order valence-corrected chi connectivity index (χ0v) is 11.5. The molecule has 1 unspecified atom stereocenters. The highest BCUT2D eigenvalue weighted by molar-refractivity contribution is 5.81. The summed E-state index contributed by atoms with van der Waals surface area (Å²) in [5.74, 6) is 0.499. The number of aliphatic hydroxyl groups is 1. The van der Waals surface area contributed by atoms with E-state index in [-0.39, 0.29) is 24.7 Å². The van der Waals surface area contributed by atoms with E-state index in [1.54, 1.807) is 0 Å². The van der Waals surface area contributed by atoms with Gasteiger partial charge in [-0.25, -0.2) is 0 Å². The number of likely N-dealkylation sites (tertiary alicyclic amines) is 1. The van der Waals surface area contributed by atoms with Gasteiger partial charge in [-0.3, -0.25) is 4.79 Å². The standard InChI is InChI=1S/C13H26N2O3/c1-10(2)9-12(14)13(17)15-5-3-11(4-6-15)18-8-7-16/h10-12,16H,3-9,14H2,1-2H3. The van der Waals surface area contributed by atoms with Crippen LogP contribution in [0.5, 0.6) is 0 Å². The molecule has 5 heteroatoms. The van der Waals surface area contributed by atoms with Gasteiger partial charge in [-0.2, -0.15) is 0 Å². The number of ether oxygens (including phenoxy) is 1. The minimum atomic E-state index is -0.375. The molecule has 0 spiro atoms. The molecule has 1 atom stereocenters. The predicted octanol–water partition coefficient (Wildman–Crippen LogP) is 0.360. The molecule has 1 aliphatic heterocycles. The molecule has 1 amide bonds. The fourth-order valence-electron chi connectivity index (χ4n) is 2.31. The largest absolute Gasteiger partial charge is 0.394 e. The van der Waals surface area contributed by atoms with Crippen molar-refractivity contribution in [2.45, 2.75) is 45.3 Å². The van der Waals surface area contributed by atoms with Gasteiger partial charge in [0, 0.05) is 13.1 Å². The quantitative estimate of drug-likeness (QED) is 0.721. The van der Waals surface area contributed by atoms with Gasteiger partial charge in [0.25, 0.3) is 0 Å². The number of aliphatic hydroxyl groups excluding tert-OH is 1. The van der Waals surface area contributed by atoms with E-state index in [1.807, 2.05) is 4.90 Å². The summed E-state index contributed by atoms with van der Waals surface area (Å²) in [6, 6.07) is -0.375. The summed E-state index contributed by atoms with van der Waals surface area (Å²) < 4.78 is 5.47. The van der Waals surface area contributed by atoms with Crippen molar-refractivity contribution in [2.24, 2.45) is 11.7 Å². The van der Waals surface area contributed by atoms with E-state index < -0.39 is 0 Å². The van der Waals surface area contributed by atoms with Gasteiger partial charge in [0.2, 0.25) is 5.91 Å². The molecule has 5 nitrogen and oxygen atoms in total. The van der Waals surface area contributed by atoms with Crippen molar-refractivity contribution in [3.05, 3.63) is 0 Å². The fourth-order valence-corrected chi connectivity index (χ4v) is 2.31. The van der Waals surface area contributed by atoms with Gasteiger partial charge >= 0.3 is 0 Å². The van der Waals surface area contributed by atoms with Crippen molar-refractivity contribution in [1.29, 1.82) is 0 Å².